The molecule has 1 amide bonds. The third-order valence-corrected chi connectivity index (χ3v) is 6.16. The zero-order valence-electron chi connectivity index (χ0n) is 19.3. The molecule has 6 nitrogen and oxygen atoms in total. The van der Waals surface area contributed by atoms with Crippen LogP contribution in [0.5, 0.6) is 0 Å². The van der Waals surface area contributed by atoms with Crippen molar-refractivity contribution in [2.45, 2.75) is 13.3 Å². The number of ether oxygens (including phenoxy) is 1. The van der Waals surface area contributed by atoms with E-state index >= 15 is 0 Å². The molecule has 1 aromatic heterocycles. The van der Waals surface area contributed by atoms with Gasteiger partial charge in [-0.1, -0.05) is 36.4 Å². The average molecular weight is 453 g/mol. The molecular weight excluding hydrogens is 424 g/mol. The van der Waals surface area contributed by atoms with E-state index in [1.807, 2.05) is 54.7 Å². The molecule has 5 rings (SSSR count). The van der Waals surface area contributed by atoms with Crippen molar-refractivity contribution in [2.24, 2.45) is 0 Å². The summed E-state index contributed by atoms with van der Waals surface area (Å²) >= 11 is 0. The molecule has 0 atom stereocenters. The van der Waals surface area contributed by atoms with Crippen molar-refractivity contribution >= 4 is 17.3 Å². The molecule has 1 aliphatic heterocycles. The van der Waals surface area contributed by atoms with Gasteiger partial charge in [-0.3, -0.25) is 4.79 Å². The van der Waals surface area contributed by atoms with Crippen LogP contribution in [0.25, 0.3) is 22.5 Å². The second kappa shape index (κ2) is 9.93. The fourth-order valence-corrected chi connectivity index (χ4v) is 4.29. The Morgan fingerprint density at radius 3 is 2.68 bits per heavy atom. The van der Waals surface area contributed by atoms with Crippen LogP contribution in [-0.2, 0) is 4.74 Å². The summed E-state index contributed by atoms with van der Waals surface area (Å²) in [7, 11) is 0. The molecule has 0 bridgehead atoms. The lowest BCUT2D eigenvalue weighted by atomic mass is 9.97. The van der Waals surface area contributed by atoms with Crippen LogP contribution in [0.15, 0.2) is 79.1 Å². The number of carbonyl (C=O) groups excluding carboxylic acids is 1. The summed E-state index contributed by atoms with van der Waals surface area (Å²) in [6.07, 6.45) is 4.56. The maximum absolute atomic E-state index is 13.1. The van der Waals surface area contributed by atoms with Crippen LogP contribution in [0.4, 0.5) is 11.4 Å². The number of hydrogen-bond acceptors (Lipinski definition) is 4. The maximum atomic E-state index is 13.1. The van der Waals surface area contributed by atoms with Gasteiger partial charge < -0.3 is 19.9 Å². The van der Waals surface area contributed by atoms with Gasteiger partial charge in [-0.05, 0) is 60.4 Å². The van der Waals surface area contributed by atoms with Crippen LogP contribution in [-0.4, -0.2) is 42.2 Å². The third-order valence-electron chi connectivity index (χ3n) is 6.16. The molecule has 0 radical (unpaired) electrons. The monoisotopic (exact) mass is 452 g/mol. The molecule has 172 valence electrons. The fourth-order valence-electron chi connectivity index (χ4n) is 4.29. The highest BCUT2D eigenvalue weighted by Gasteiger charge is 2.13. The predicted molar refractivity (Wildman–Crippen MR) is 136 cm³/mol. The van der Waals surface area contributed by atoms with Gasteiger partial charge >= 0.3 is 0 Å². The predicted octanol–water partition coefficient (Wildman–Crippen LogP) is 5.53. The van der Waals surface area contributed by atoms with E-state index in [0.717, 1.165) is 72.2 Å². The molecule has 3 aromatic carbocycles. The molecule has 1 aliphatic rings. The largest absolute Gasteiger partial charge is 0.380 e. The standard InChI is InChI=1S/C28H28N4O2/c1-20-6-7-23(18-26(20)21-8-10-22(11-9-21)27-29-12-13-30-27)28(33)31-24-4-2-5-25(19-24)32-14-3-16-34-17-15-32/h2,4-13,18-19H,3,14-17H2,1H3,(H,29,30)(H,31,33). The first-order valence-corrected chi connectivity index (χ1v) is 11.6. The van der Waals surface area contributed by atoms with Crippen LogP contribution >= 0.6 is 0 Å². The van der Waals surface area contributed by atoms with Gasteiger partial charge in [-0.2, -0.15) is 0 Å². The minimum atomic E-state index is -0.121. The minimum Gasteiger partial charge on any atom is -0.380 e. The molecule has 34 heavy (non-hydrogen) atoms. The molecule has 0 spiro atoms. The van der Waals surface area contributed by atoms with Gasteiger partial charge in [0.1, 0.15) is 5.82 Å². The number of anilines is 2. The van der Waals surface area contributed by atoms with Crippen LogP contribution in [0.1, 0.15) is 22.3 Å². The summed E-state index contributed by atoms with van der Waals surface area (Å²) in [5.74, 6) is 0.719. The smallest absolute Gasteiger partial charge is 0.255 e. The Balaban J connectivity index is 1.34. The number of aryl methyl sites for hydroxylation is 1. The third kappa shape index (κ3) is 4.87. The number of nitrogens with zero attached hydrogens (tertiary/aromatic N) is 2. The second-order valence-electron chi connectivity index (χ2n) is 8.50. The van der Waals surface area contributed by atoms with E-state index in [-0.39, 0.29) is 5.91 Å². The number of benzene rings is 3. The summed E-state index contributed by atoms with van der Waals surface area (Å²) in [5, 5.41) is 3.07. The minimum absolute atomic E-state index is 0.121. The SMILES string of the molecule is Cc1ccc(C(=O)Nc2cccc(N3CCCOCC3)c2)cc1-c1ccc(-c2ncc[nH]2)cc1. The lowest BCUT2D eigenvalue weighted by molar-refractivity contribution is 0.102. The topological polar surface area (TPSA) is 70.2 Å². The van der Waals surface area contributed by atoms with E-state index in [0.29, 0.717) is 5.56 Å². The molecule has 0 saturated carbocycles. The first kappa shape index (κ1) is 21.9. The van der Waals surface area contributed by atoms with Crippen molar-refractivity contribution in [3.63, 3.8) is 0 Å². The number of imidazole rings is 1. The van der Waals surface area contributed by atoms with Crippen molar-refractivity contribution in [1.29, 1.82) is 0 Å². The normalized spacial score (nSPS) is 14.0. The van der Waals surface area contributed by atoms with Crippen molar-refractivity contribution in [3.8, 4) is 22.5 Å². The fraction of sp³-hybridized carbons (Fsp3) is 0.214. The van der Waals surface area contributed by atoms with Crippen LogP contribution < -0.4 is 10.2 Å². The lowest BCUT2D eigenvalue weighted by Gasteiger charge is -2.22. The van der Waals surface area contributed by atoms with Crippen LogP contribution in [0, 0.1) is 6.92 Å². The highest BCUT2D eigenvalue weighted by Crippen LogP contribution is 2.28. The Morgan fingerprint density at radius 1 is 1.00 bits per heavy atom. The van der Waals surface area contributed by atoms with Crippen LogP contribution in [0.2, 0.25) is 0 Å². The zero-order valence-corrected chi connectivity index (χ0v) is 19.3. The van der Waals surface area contributed by atoms with Gasteiger partial charge in [-0.25, -0.2) is 4.98 Å². The van der Waals surface area contributed by atoms with Gasteiger partial charge in [0, 0.05) is 54.6 Å². The Morgan fingerprint density at radius 2 is 1.85 bits per heavy atom. The lowest BCUT2D eigenvalue weighted by Crippen LogP contribution is -2.25. The van der Waals surface area contributed by atoms with Crippen LogP contribution in [0.3, 0.4) is 0 Å². The van der Waals surface area contributed by atoms with Crippen molar-refractivity contribution < 1.29 is 9.53 Å². The molecule has 0 aliphatic carbocycles. The first-order valence-electron chi connectivity index (χ1n) is 11.6. The number of hydrogen-bond donors (Lipinski definition) is 2. The Kier molecular flexibility index (Phi) is 6.40. The number of aromatic amines is 1. The van der Waals surface area contributed by atoms with E-state index in [4.69, 9.17) is 4.74 Å². The highest BCUT2D eigenvalue weighted by molar-refractivity contribution is 6.05. The number of amides is 1. The van der Waals surface area contributed by atoms with Gasteiger partial charge in [0.25, 0.3) is 5.91 Å². The summed E-state index contributed by atoms with van der Waals surface area (Å²) in [4.78, 5) is 22.8. The van der Waals surface area contributed by atoms with Gasteiger partial charge in [-0.15, -0.1) is 0 Å². The molecular formula is C28H28N4O2. The van der Waals surface area contributed by atoms with Crippen molar-refractivity contribution in [3.05, 3.63) is 90.3 Å². The Bertz CT molecular complexity index is 1260. The second-order valence-corrected chi connectivity index (χ2v) is 8.50. The first-order chi connectivity index (χ1) is 16.7. The molecule has 6 heteroatoms. The summed E-state index contributed by atoms with van der Waals surface area (Å²) < 4.78 is 5.57. The molecule has 2 heterocycles. The number of carbonyl (C=O) groups is 1. The van der Waals surface area contributed by atoms with E-state index in [9.17, 15) is 4.79 Å². The van der Waals surface area contributed by atoms with Crippen molar-refractivity contribution in [1.82, 2.24) is 9.97 Å². The van der Waals surface area contributed by atoms with Crippen molar-refractivity contribution in [2.75, 3.05) is 36.5 Å². The molecule has 1 saturated heterocycles. The van der Waals surface area contributed by atoms with E-state index in [1.165, 1.54) is 0 Å². The summed E-state index contributed by atoms with van der Waals surface area (Å²) in [6, 6.07) is 22.1. The summed E-state index contributed by atoms with van der Waals surface area (Å²) in [5.41, 5.74) is 6.76. The van der Waals surface area contributed by atoms with E-state index < -0.39 is 0 Å². The number of rotatable bonds is 5. The van der Waals surface area contributed by atoms with E-state index in [2.05, 4.69) is 45.3 Å². The quantitative estimate of drug-likeness (QED) is 0.418. The number of nitrogens with one attached hydrogen (secondary N) is 2. The van der Waals surface area contributed by atoms with Gasteiger partial charge in [0.2, 0.25) is 0 Å². The van der Waals surface area contributed by atoms with Gasteiger partial charge in [0.05, 0.1) is 6.61 Å². The Labute approximate surface area is 199 Å². The number of H-pyrrole nitrogens is 1. The highest BCUT2D eigenvalue weighted by atomic mass is 16.5. The Hall–Kier alpha value is -3.90. The van der Waals surface area contributed by atoms with E-state index in [1.54, 1.807) is 6.20 Å². The average Bonchev–Trinajstić information content (AvgIpc) is 3.27. The maximum Gasteiger partial charge on any atom is 0.255 e. The zero-order chi connectivity index (χ0) is 23.3. The molecule has 1 fully saturated rings. The number of aromatic nitrogens is 2. The molecule has 4 aromatic rings. The summed E-state index contributed by atoms with van der Waals surface area (Å²) in [6.45, 7) is 5.40. The molecule has 0 unspecified atom stereocenters. The molecule has 2 N–H and O–H groups in total. The van der Waals surface area contributed by atoms with Gasteiger partial charge in [0.15, 0.2) is 0 Å².